The Hall–Kier alpha value is -2.03. The molecule has 0 spiro atoms. The van der Waals surface area contributed by atoms with Gasteiger partial charge in [0.2, 0.25) is 0 Å². The summed E-state index contributed by atoms with van der Waals surface area (Å²) in [4.78, 5) is 12.8. The third-order valence-corrected chi connectivity index (χ3v) is 5.32. The van der Waals surface area contributed by atoms with Crippen LogP contribution in [0.4, 0.5) is 0 Å². The number of carbonyl (C=O) groups excluding carboxylic acids is 1. The van der Waals surface area contributed by atoms with E-state index in [4.69, 9.17) is 0 Å². The molecule has 3 nitrogen and oxygen atoms in total. The highest BCUT2D eigenvalue weighted by Crippen LogP contribution is 2.57. The maximum absolute atomic E-state index is 12.8. The first-order chi connectivity index (χ1) is 10.1. The second-order valence-corrected chi connectivity index (χ2v) is 6.32. The van der Waals surface area contributed by atoms with Crippen LogP contribution in [0.2, 0.25) is 0 Å². The van der Waals surface area contributed by atoms with Crippen LogP contribution < -0.4 is 0 Å². The van der Waals surface area contributed by atoms with E-state index in [-0.39, 0.29) is 35.0 Å². The van der Waals surface area contributed by atoms with Crippen LogP contribution in [-0.4, -0.2) is 16.0 Å². The zero-order valence-corrected chi connectivity index (χ0v) is 11.9. The largest absolute Gasteiger partial charge is 0.511 e. The molecule has 0 aromatic heterocycles. The maximum atomic E-state index is 12.8. The Morgan fingerprint density at radius 1 is 1.14 bits per heavy atom. The number of fused-ring (bicyclic) bond motifs is 5. The molecule has 3 heteroatoms. The van der Waals surface area contributed by atoms with Crippen molar-refractivity contribution < 1.29 is 15.0 Å². The molecule has 0 radical (unpaired) electrons. The number of phenols is 1. The second-order valence-electron chi connectivity index (χ2n) is 6.32. The average molecular weight is 282 g/mol. The van der Waals surface area contributed by atoms with Gasteiger partial charge in [0.15, 0.2) is 5.78 Å². The van der Waals surface area contributed by atoms with Gasteiger partial charge in [-0.1, -0.05) is 25.1 Å². The quantitative estimate of drug-likeness (QED) is 0.819. The van der Waals surface area contributed by atoms with Crippen molar-refractivity contribution in [2.75, 3.05) is 0 Å². The van der Waals surface area contributed by atoms with Gasteiger partial charge in [-0.2, -0.15) is 0 Å². The van der Waals surface area contributed by atoms with Gasteiger partial charge >= 0.3 is 0 Å². The number of carbonyl (C=O) groups is 1. The summed E-state index contributed by atoms with van der Waals surface area (Å²) in [5, 5.41) is 20.3. The highest BCUT2D eigenvalue weighted by atomic mass is 16.3. The molecule has 1 aromatic rings. The number of phenolic OH excluding ortho intramolecular Hbond substituents is 1. The van der Waals surface area contributed by atoms with Crippen molar-refractivity contribution in [3.05, 3.63) is 47.2 Å². The molecule has 2 N–H and O–H groups in total. The molecule has 2 bridgehead atoms. The molecule has 21 heavy (non-hydrogen) atoms. The van der Waals surface area contributed by atoms with Crippen molar-refractivity contribution in [1.29, 1.82) is 0 Å². The molecule has 4 unspecified atom stereocenters. The fourth-order valence-corrected chi connectivity index (χ4v) is 4.40. The van der Waals surface area contributed by atoms with Crippen LogP contribution in [0, 0.1) is 23.7 Å². The summed E-state index contributed by atoms with van der Waals surface area (Å²) in [7, 11) is 0. The van der Waals surface area contributed by atoms with Crippen molar-refractivity contribution in [3.8, 4) is 5.75 Å². The number of Topliss-reactive ketones (excluding diaryl/α,β-unsaturated/α-hetero) is 1. The Labute approximate surface area is 123 Å². The number of ketones is 1. The van der Waals surface area contributed by atoms with E-state index in [2.05, 4.69) is 12.2 Å². The van der Waals surface area contributed by atoms with E-state index in [1.54, 1.807) is 18.2 Å². The lowest BCUT2D eigenvalue weighted by molar-refractivity contribution is -0.118. The molecule has 4 atom stereocenters. The number of aryl methyl sites for hydroxylation is 1. The number of aliphatic hydroxyl groups is 1. The molecular formula is C18H18O3. The smallest absolute Gasteiger partial charge is 0.171 e. The Morgan fingerprint density at radius 2 is 1.86 bits per heavy atom. The van der Waals surface area contributed by atoms with Gasteiger partial charge in [-0.15, -0.1) is 0 Å². The predicted molar refractivity (Wildman–Crippen MR) is 79.8 cm³/mol. The number of benzene rings is 1. The van der Waals surface area contributed by atoms with Crippen LogP contribution in [0.25, 0.3) is 5.57 Å². The van der Waals surface area contributed by atoms with Gasteiger partial charge in [-0.05, 0) is 47.9 Å². The Morgan fingerprint density at radius 3 is 2.52 bits per heavy atom. The molecule has 4 rings (SSSR count). The number of aromatic hydroxyl groups is 1. The van der Waals surface area contributed by atoms with Crippen molar-refractivity contribution in [2.45, 2.75) is 19.8 Å². The number of allylic oxidation sites excluding steroid dienone is 4. The summed E-state index contributed by atoms with van der Waals surface area (Å²) in [6.45, 7) is 1.99. The van der Waals surface area contributed by atoms with Gasteiger partial charge < -0.3 is 10.2 Å². The molecule has 3 aliphatic carbocycles. The van der Waals surface area contributed by atoms with Crippen LogP contribution in [0.3, 0.4) is 0 Å². The normalized spacial score (nSPS) is 33.1. The van der Waals surface area contributed by atoms with Crippen LogP contribution in [0.15, 0.2) is 36.1 Å². The van der Waals surface area contributed by atoms with E-state index in [9.17, 15) is 15.0 Å². The standard InChI is InChI=1S/C18H18O3/c1-2-9-8-12(19)5-6-13(9)16-17(20)14-10-3-4-11(7-10)15(14)18(16)21/h3-6,8,10-11,14-15,19-20H,2,7H2,1H3. The summed E-state index contributed by atoms with van der Waals surface area (Å²) in [6, 6.07) is 5.03. The lowest BCUT2D eigenvalue weighted by Crippen LogP contribution is -2.22. The maximum Gasteiger partial charge on any atom is 0.171 e. The van der Waals surface area contributed by atoms with E-state index >= 15 is 0 Å². The van der Waals surface area contributed by atoms with Gasteiger partial charge in [-0.25, -0.2) is 0 Å². The topological polar surface area (TPSA) is 57.5 Å². The Bertz CT molecular complexity index is 698. The van der Waals surface area contributed by atoms with Gasteiger partial charge in [0.05, 0.1) is 5.57 Å². The average Bonchev–Trinajstić information content (AvgIpc) is 3.14. The third-order valence-electron chi connectivity index (χ3n) is 5.32. The van der Waals surface area contributed by atoms with E-state index in [1.165, 1.54) is 0 Å². The molecule has 1 aromatic carbocycles. The molecule has 1 fully saturated rings. The number of hydrogen-bond donors (Lipinski definition) is 2. The minimum absolute atomic E-state index is 0.0268. The first-order valence-electron chi connectivity index (χ1n) is 7.59. The van der Waals surface area contributed by atoms with Crippen molar-refractivity contribution in [2.24, 2.45) is 23.7 Å². The molecule has 0 amide bonds. The zero-order chi connectivity index (χ0) is 14.7. The molecule has 0 aliphatic heterocycles. The van der Waals surface area contributed by atoms with Crippen molar-refractivity contribution in [1.82, 2.24) is 0 Å². The van der Waals surface area contributed by atoms with Crippen molar-refractivity contribution >= 4 is 11.4 Å². The second kappa shape index (κ2) is 4.23. The predicted octanol–water partition coefficient (Wildman–Crippen LogP) is 3.24. The molecular weight excluding hydrogens is 264 g/mol. The SMILES string of the molecule is CCc1cc(O)ccc1C1=C(O)C2C3C=CC(C3)C2C1=O. The molecule has 3 aliphatic rings. The zero-order valence-electron chi connectivity index (χ0n) is 11.9. The summed E-state index contributed by atoms with van der Waals surface area (Å²) < 4.78 is 0. The lowest BCUT2D eigenvalue weighted by atomic mass is 9.84. The van der Waals surface area contributed by atoms with E-state index < -0.39 is 0 Å². The molecule has 108 valence electrons. The summed E-state index contributed by atoms with van der Waals surface area (Å²) in [5.74, 6) is 1.03. The highest BCUT2D eigenvalue weighted by molar-refractivity contribution is 6.25. The number of aliphatic hydroxyl groups excluding tert-OH is 1. The number of rotatable bonds is 2. The van der Waals surface area contributed by atoms with E-state index in [1.807, 2.05) is 6.92 Å². The summed E-state index contributed by atoms with van der Waals surface area (Å²) in [6.07, 6.45) is 6.00. The molecule has 1 saturated carbocycles. The van der Waals surface area contributed by atoms with Crippen molar-refractivity contribution in [3.63, 3.8) is 0 Å². The van der Waals surface area contributed by atoms with Gasteiger partial charge in [-0.3, -0.25) is 4.79 Å². The number of hydrogen-bond acceptors (Lipinski definition) is 3. The van der Waals surface area contributed by atoms with Crippen LogP contribution in [-0.2, 0) is 11.2 Å². The summed E-state index contributed by atoms with van der Waals surface area (Å²) in [5.41, 5.74) is 2.18. The fourth-order valence-electron chi connectivity index (χ4n) is 4.40. The van der Waals surface area contributed by atoms with E-state index in [0.717, 1.165) is 17.5 Å². The van der Waals surface area contributed by atoms with Crippen LogP contribution in [0.1, 0.15) is 24.5 Å². The van der Waals surface area contributed by atoms with Crippen LogP contribution in [0.5, 0.6) is 5.75 Å². The molecule has 0 saturated heterocycles. The van der Waals surface area contributed by atoms with Gasteiger partial charge in [0.1, 0.15) is 11.5 Å². The Kier molecular flexibility index (Phi) is 2.56. The van der Waals surface area contributed by atoms with Crippen LogP contribution >= 0.6 is 0 Å². The highest BCUT2D eigenvalue weighted by Gasteiger charge is 2.55. The summed E-state index contributed by atoms with van der Waals surface area (Å²) >= 11 is 0. The minimum atomic E-state index is -0.0755. The first-order valence-corrected chi connectivity index (χ1v) is 7.59. The van der Waals surface area contributed by atoms with E-state index in [0.29, 0.717) is 17.9 Å². The Balaban J connectivity index is 1.85. The minimum Gasteiger partial charge on any atom is -0.511 e. The lowest BCUT2D eigenvalue weighted by Gasteiger charge is -2.19. The monoisotopic (exact) mass is 282 g/mol. The first kappa shape index (κ1) is 12.7. The molecule has 0 heterocycles. The third kappa shape index (κ3) is 1.57. The van der Waals surface area contributed by atoms with Gasteiger partial charge in [0, 0.05) is 11.8 Å². The van der Waals surface area contributed by atoms with Gasteiger partial charge in [0.25, 0.3) is 0 Å². The fraction of sp³-hybridized carbons (Fsp3) is 0.389.